The van der Waals surface area contributed by atoms with Crippen LogP contribution >= 0.6 is 11.8 Å². The van der Waals surface area contributed by atoms with E-state index in [0.29, 0.717) is 19.8 Å². The summed E-state index contributed by atoms with van der Waals surface area (Å²) in [5.74, 6) is 0.0510. The van der Waals surface area contributed by atoms with Crippen molar-refractivity contribution in [2.45, 2.75) is 37.7 Å². The summed E-state index contributed by atoms with van der Waals surface area (Å²) in [6.07, 6.45) is 7.68. The third kappa shape index (κ3) is 3.08. The minimum Gasteiger partial charge on any atom is -0.502 e. The van der Waals surface area contributed by atoms with E-state index in [0.717, 1.165) is 18.6 Å². The molecule has 1 amide bonds. The zero-order valence-corrected chi connectivity index (χ0v) is 19.2. The average Bonchev–Trinajstić information content (AvgIpc) is 3.00. The van der Waals surface area contributed by atoms with Crippen molar-refractivity contribution in [1.29, 1.82) is 0 Å². The first kappa shape index (κ1) is 20.6. The highest BCUT2D eigenvalue weighted by Crippen LogP contribution is 2.47. The summed E-state index contributed by atoms with van der Waals surface area (Å²) < 4.78 is 7.54. The molecule has 1 aromatic carbocycles. The molecule has 4 heterocycles. The van der Waals surface area contributed by atoms with Gasteiger partial charge in [-0.05, 0) is 46.9 Å². The van der Waals surface area contributed by atoms with E-state index in [1.165, 1.54) is 33.2 Å². The summed E-state index contributed by atoms with van der Waals surface area (Å²) in [6, 6.07) is 7.54. The number of aromatic nitrogens is 1. The van der Waals surface area contributed by atoms with E-state index >= 15 is 0 Å². The van der Waals surface area contributed by atoms with E-state index in [-0.39, 0.29) is 23.8 Å². The van der Waals surface area contributed by atoms with Gasteiger partial charge in [-0.2, -0.15) is 0 Å². The number of thioether (sulfide) groups is 1. The van der Waals surface area contributed by atoms with E-state index < -0.39 is 11.2 Å². The first-order valence-electron chi connectivity index (χ1n) is 11.3. The summed E-state index contributed by atoms with van der Waals surface area (Å²) in [6.45, 7) is 3.32. The molecular weight excluding hydrogens is 438 g/mol. The van der Waals surface area contributed by atoms with Gasteiger partial charge in [0.1, 0.15) is 6.17 Å². The van der Waals surface area contributed by atoms with Gasteiger partial charge >= 0.3 is 0 Å². The first-order valence-corrected chi connectivity index (χ1v) is 12.3. The number of fused-ring (bicyclic) bond motifs is 3. The van der Waals surface area contributed by atoms with Crippen LogP contribution in [0, 0.1) is 6.92 Å². The Kier molecular flexibility index (Phi) is 4.88. The third-order valence-electron chi connectivity index (χ3n) is 6.98. The molecule has 170 valence electrons. The molecule has 1 N–H and O–H groups in total. The van der Waals surface area contributed by atoms with Crippen LogP contribution in [0.2, 0.25) is 0 Å². The second-order valence-electron chi connectivity index (χ2n) is 8.81. The third-order valence-corrected chi connectivity index (χ3v) is 8.22. The maximum absolute atomic E-state index is 13.4. The monoisotopic (exact) mass is 463 g/mol. The van der Waals surface area contributed by atoms with Gasteiger partial charge < -0.3 is 14.7 Å². The Labute approximate surface area is 195 Å². The van der Waals surface area contributed by atoms with Crippen LogP contribution in [-0.2, 0) is 10.5 Å². The molecule has 4 aliphatic rings. The molecule has 0 spiro atoms. The predicted octanol–water partition coefficient (Wildman–Crippen LogP) is 3.20. The van der Waals surface area contributed by atoms with Gasteiger partial charge in [0.15, 0.2) is 11.4 Å². The fourth-order valence-corrected chi connectivity index (χ4v) is 6.64. The molecule has 0 radical (unpaired) electrons. The molecule has 1 saturated heterocycles. The Morgan fingerprint density at radius 1 is 1.21 bits per heavy atom. The van der Waals surface area contributed by atoms with Gasteiger partial charge in [-0.25, -0.2) is 0 Å². The number of morpholine rings is 1. The Hall–Kier alpha value is -2.97. The number of rotatable bonds is 1. The van der Waals surface area contributed by atoms with Crippen molar-refractivity contribution in [3.05, 3.63) is 85.7 Å². The number of ether oxygens (including phenoxy) is 1. The topological polar surface area (TPSA) is 75.0 Å². The summed E-state index contributed by atoms with van der Waals surface area (Å²) in [5, 5.41) is 12.8. The van der Waals surface area contributed by atoms with E-state index in [4.69, 9.17) is 4.74 Å². The molecule has 8 heteroatoms. The molecule has 1 fully saturated rings. The molecule has 0 saturated carbocycles. The fraction of sp³-hybridized carbons (Fsp3) is 0.360. The van der Waals surface area contributed by atoms with Crippen LogP contribution in [0.15, 0.2) is 57.9 Å². The second kappa shape index (κ2) is 7.81. The normalized spacial score (nSPS) is 24.1. The number of carbonyl (C=O) groups is 1. The molecule has 33 heavy (non-hydrogen) atoms. The quantitative estimate of drug-likeness (QED) is 0.700. The number of hydrogen-bond donors (Lipinski definition) is 1. The van der Waals surface area contributed by atoms with E-state index in [2.05, 4.69) is 42.3 Å². The lowest BCUT2D eigenvalue weighted by molar-refractivity contribution is -0.0197. The lowest BCUT2D eigenvalue weighted by atomic mass is 9.87. The summed E-state index contributed by atoms with van der Waals surface area (Å²) in [5.41, 5.74) is 4.34. The number of aryl methyl sites for hydroxylation is 1. The average molecular weight is 464 g/mol. The Bertz CT molecular complexity index is 1280. The van der Waals surface area contributed by atoms with Gasteiger partial charge in [0.25, 0.3) is 5.91 Å². The van der Waals surface area contributed by atoms with E-state index in [1.807, 2.05) is 11.8 Å². The molecule has 0 bridgehead atoms. The van der Waals surface area contributed by atoms with Gasteiger partial charge in [-0.1, -0.05) is 30.4 Å². The zero-order valence-electron chi connectivity index (χ0n) is 18.4. The predicted molar refractivity (Wildman–Crippen MR) is 127 cm³/mol. The highest BCUT2D eigenvalue weighted by molar-refractivity contribution is 8.02. The van der Waals surface area contributed by atoms with Crippen molar-refractivity contribution < 1.29 is 14.6 Å². The van der Waals surface area contributed by atoms with Crippen molar-refractivity contribution in [2.75, 3.05) is 24.8 Å². The maximum atomic E-state index is 13.4. The molecule has 2 aromatic rings. The molecule has 3 aliphatic heterocycles. The van der Waals surface area contributed by atoms with Crippen LogP contribution in [-0.4, -0.2) is 46.5 Å². The number of pyridine rings is 1. The molecule has 7 nitrogen and oxygen atoms in total. The standard InChI is InChI=1S/C25H25N3O4S/c1-15-5-4-6-16-14-33-19-8-3-2-7-17(19)22(21(15)16)28-20-13-32-12-11-26(20)25(31)23-24(30)18(29)9-10-27(23)28/h2,4-7,9-10,20,22,30H,3,8,11-14H2,1H3/t20?,22-/m1/s1. The Morgan fingerprint density at radius 2 is 2.09 bits per heavy atom. The molecular formula is C25H25N3O4S. The van der Waals surface area contributed by atoms with E-state index in [1.54, 1.807) is 15.8 Å². The highest BCUT2D eigenvalue weighted by Gasteiger charge is 2.46. The smallest absolute Gasteiger partial charge is 0.278 e. The molecule has 1 aliphatic carbocycles. The number of hydrogen-bond acceptors (Lipinski definition) is 6. The van der Waals surface area contributed by atoms with Crippen molar-refractivity contribution >= 4 is 17.7 Å². The van der Waals surface area contributed by atoms with Gasteiger partial charge in [0, 0.05) is 24.6 Å². The second-order valence-corrected chi connectivity index (χ2v) is 9.88. The largest absolute Gasteiger partial charge is 0.502 e. The van der Waals surface area contributed by atoms with Gasteiger partial charge in [-0.3, -0.25) is 19.3 Å². The van der Waals surface area contributed by atoms with Crippen LogP contribution in [0.1, 0.15) is 46.1 Å². The molecule has 1 aromatic heterocycles. The summed E-state index contributed by atoms with van der Waals surface area (Å²) in [7, 11) is 0. The molecule has 2 atom stereocenters. The lowest BCUT2D eigenvalue weighted by Crippen LogP contribution is -2.66. The molecule has 1 unspecified atom stereocenters. The van der Waals surface area contributed by atoms with Gasteiger partial charge in [0.05, 0.1) is 19.3 Å². The Morgan fingerprint density at radius 3 is 2.97 bits per heavy atom. The highest BCUT2D eigenvalue weighted by atomic mass is 32.2. The number of allylic oxidation sites excluding steroid dienone is 2. The fourth-order valence-electron chi connectivity index (χ4n) is 5.45. The van der Waals surface area contributed by atoms with Crippen LogP contribution in [0.3, 0.4) is 0 Å². The summed E-state index contributed by atoms with van der Waals surface area (Å²) >= 11 is 1.89. The minimum absolute atomic E-state index is 0.0228. The number of benzene rings is 1. The summed E-state index contributed by atoms with van der Waals surface area (Å²) in [4.78, 5) is 28.8. The Balaban J connectivity index is 1.66. The number of amides is 1. The number of carbonyl (C=O) groups excluding carboxylic acids is 1. The van der Waals surface area contributed by atoms with Gasteiger partial charge in [-0.15, -0.1) is 11.8 Å². The number of aromatic hydroxyl groups is 1. The van der Waals surface area contributed by atoms with Crippen LogP contribution in [0.4, 0.5) is 0 Å². The first-order chi connectivity index (χ1) is 16.1. The van der Waals surface area contributed by atoms with Crippen LogP contribution in [0.25, 0.3) is 0 Å². The van der Waals surface area contributed by atoms with Gasteiger partial charge in [0.2, 0.25) is 5.43 Å². The minimum atomic E-state index is -0.549. The number of nitrogens with zero attached hydrogens (tertiary/aromatic N) is 3. The van der Waals surface area contributed by atoms with E-state index in [9.17, 15) is 14.7 Å². The van der Waals surface area contributed by atoms with Crippen molar-refractivity contribution in [1.82, 2.24) is 9.58 Å². The SMILES string of the molecule is Cc1cccc2c1[C@H](N1C3COCCN3C(=O)c3c(O)c(=O)ccn31)C1=C(CCC=C1)SC2. The molecule has 6 rings (SSSR count). The maximum Gasteiger partial charge on any atom is 0.278 e. The van der Waals surface area contributed by atoms with Crippen LogP contribution in [0.5, 0.6) is 5.75 Å². The lowest BCUT2D eigenvalue weighted by Gasteiger charge is -2.51. The van der Waals surface area contributed by atoms with Crippen molar-refractivity contribution in [3.63, 3.8) is 0 Å². The van der Waals surface area contributed by atoms with Crippen molar-refractivity contribution in [2.24, 2.45) is 0 Å². The zero-order chi connectivity index (χ0) is 22.7. The van der Waals surface area contributed by atoms with Crippen molar-refractivity contribution in [3.8, 4) is 5.75 Å². The van der Waals surface area contributed by atoms with Crippen LogP contribution < -0.4 is 10.4 Å².